The van der Waals surface area contributed by atoms with Gasteiger partial charge in [-0.2, -0.15) is 0 Å². The fraction of sp³-hybridized carbons (Fsp3) is 0.222. The van der Waals surface area contributed by atoms with E-state index in [0.717, 1.165) is 23.2 Å². The van der Waals surface area contributed by atoms with Crippen LogP contribution in [0, 0.1) is 5.92 Å². The molecule has 0 bridgehead atoms. The summed E-state index contributed by atoms with van der Waals surface area (Å²) < 4.78 is 0. The van der Waals surface area contributed by atoms with E-state index in [9.17, 15) is 9.90 Å². The van der Waals surface area contributed by atoms with E-state index in [1.165, 1.54) is 0 Å². The Morgan fingerprint density at radius 1 is 1.26 bits per heavy atom. The average Bonchev–Trinajstić information content (AvgIpc) is 3.05. The van der Waals surface area contributed by atoms with E-state index in [0.29, 0.717) is 10.6 Å². The van der Waals surface area contributed by atoms with Gasteiger partial charge in [-0.15, -0.1) is 0 Å². The fourth-order valence-electron chi connectivity index (χ4n) is 3.76. The molecular weight excluding hydrogens is 312 g/mol. The quantitative estimate of drug-likeness (QED) is 0.809. The summed E-state index contributed by atoms with van der Waals surface area (Å²) in [5.41, 5.74) is 3.00. The minimum absolute atomic E-state index is 0.0641. The van der Waals surface area contributed by atoms with Crippen LogP contribution in [0.3, 0.4) is 0 Å². The second kappa shape index (κ2) is 5.39. The molecular formula is C18H15ClN2O2. The molecule has 2 N–H and O–H groups in total. The third-order valence-corrected chi connectivity index (χ3v) is 5.08. The van der Waals surface area contributed by atoms with Gasteiger partial charge in [-0.1, -0.05) is 23.8 Å². The van der Waals surface area contributed by atoms with Gasteiger partial charge in [-0.05, 0) is 47.7 Å². The largest absolute Gasteiger partial charge is 0.478 e. The summed E-state index contributed by atoms with van der Waals surface area (Å²) in [5, 5.41) is 13.6. The highest BCUT2D eigenvalue weighted by Crippen LogP contribution is 2.52. The summed E-state index contributed by atoms with van der Waals surface area (Å²) in [6.07, 6.45) is 8.71. The number of fused-ring (bicyclic) bond motifs is 3. The number of allylic oxidation sites excluding steroid dienone is 2. The van der Waals surface area contributed by atoms with Crippen LogP contribution >= 0.6 is 11.6 Å². The first-order valence-corrected chi connectivity index (χ1v) is 7.93. The number of hydrogen-bond acceptors (Lipinski definition) is 3. The topological polar surface area (TPSA) is 62.2 Å². The number of anilines is 1. The summed E-state index contributed by atoms with van der Waals surface area (Å²) in [7, 11) is 0. The highest BCUT2D eigenvalue weighted by molar-refractivity contribution is 6.33. The van der Waals surface area contributed by atoms with Crippen LogP contribution in [0.1, 0.15) is 39.9 Å². The van der Waals surface area contributed by atoms with E-state index in [1.54, 1.807) is 24.5 Å². The van der Waals surface area contributed by atoms with Crippen LogP contribution in [-0.2, 0) is 0 Å². The van der Waals surface area contributed by atoms with Crippen LogP contribution in [-0.4, -0.2) is 16.1 Å². The van der Waals surface area contributed by atoms with Crippen molar-refractivity contribution in [3.8, 4) is 0 Å². The number of aromatic nitrogens is 1. The normalized spacial score (nSPS) is 24.7. The molecule has 1 aromatic carbocycles. The Bertz CT molecular complexity index is 804. The van der Waals surface area contributed by atoms with Crippen molar-refractivity contribution in [1.82, 2.24) is 4.98 Å². The number of carboxylic acid groups (broad SMARTS) is 1. The highest BCUT2D eigenvalue weighted by Gasteiger charge is 2.40. The minimum Gasteiger partial charge on any atom is -0.478 e. The number of carbonyl (C=O) groups is 1. The molecule has 0 unspecified atom stereocenters. The highest BCUT2D eigenvalue weighted by atomic mass is 35.5. The Morgan fingerprint density at radius 3 is 2.78 bits per heavy atom. The zero-order valence-corrected chi connectivity index (χ0v) is 13.0. The molecule has 2 heterocycles. The molecule has 1 aliphatic carbocycles. The van der Waals surface area contributed by atoms with Gasteiger partial charge >= 0.3 is 5.97 Å². The molecule has 23 heavy (non-hydrogen) atoms. The maximum absolute atomic E-state index is 11.6. The van der Waals surface area contributed by atoms with Crippen LogP contribution in [0.25, 0.3) is 0 Å². The van der Waals surface area contributed by atoms with Crippen LogP contribution in [0.4, 0.5) is 5.69 Å². The Morgan fingerprint density at radius 2 is 2.04 bits per heavy atom. The molecule has 4 rings (SSSR count). The first kappa shape index (κ1) is 14.3. The lowest BCUT2D eigenvalue weighted by atomic mass is 9.75. The lowest BCUT2D eigenvalue weighted by Crippen LogP contribution is -2.30. The zero-order chi connectivity index (χ0) is 16.0. The van der Waals surface area contributed by atoms with Gasteiger partial charge in [0, 0.05) is 18.3 Å². The lowest BCUT2D eigenvalue weighted by molar-refractivity contribution is 0.0695. The van der Waals surface area contributed by atoms with Crippen molar-refractivity contribution >= 4 is 23.3 Å². The van der Waals surface area contributed by atoms with Gasteiger partial charge in [-0.3, -0.25) is 4.98 Å². The van der Waals surface area contributed by atoms with Crippen LogP contribution in [0.5, 0.6) is 0 Å². The molecule has 0 spiro atoms. The number of halogens is 1. The fourth-order valence-corrected chi connectivity index (χ4v) is 3.98. The summed E-state index contributed by atoms with van der Waals surface area (Å²) in [6.45, 7) is 0. The first-order chi connectivity index (χ1) is 11.2. The molecule has 116 valence electrons. The predicted molar refractivity (Wildman–Crippen MR) is 89.0 cm³/mol. The second-order valence-electron chi connectivity index (χ2n) is 5.94. The molecule has 0 saturated carbocycles. The van der Waals surface area contributed by atoms with Crippen LogP contribution in [0.2, 0.25) is 5.02 Å². The van der Waals surface area contributed by atoms with E-state index >= 15 is 0 Å². The van der Waals surface area contributed by atoms with Crippen molar-refractivity contribution in [3.63, 3.8) is 0 Å². The average molecular weight is 327 g/mol. The first-order valence-electron chi connectivity index (χ1n) is 7.55. The van der Waals surface area contributed by atoms with Crippen molar-refractivity contribution in [2.75, 3.05) is 5.32 Å². The SMILES string of the molecule is O=C(O)c1ccc(Cl)c2c1[C@@H]1C=CC[C@H]1[C@H](c1ccncc1)N2. The van der Waals surface area contributed by atoms with E-state index in [-0.39, 0.29) is 17.9 Å². The molecule has 0 amide bonds. The van der Waals surface area contributed by atoms with Gasteiger partial charge < -0.3 is 10.4 Å². The summed E-state index contributed by atoms with van der Waals surface area (Å²) >= 11 is 6.37. The number of pyridine rings is 1. The van der Waals surface area contributed by atoms with Gasteiger partial charge in [0.1, 0.15) is 0 Å². The lowest BCUT2D eigenvalue weighted by Gasteiger charge is -2.38. The van der Waals surface area contributed by atoms with E-state index in [2.05, 4.69) is 22.5 Å². The Labute approximate surface area is 138 Å². The van der Waals surface area contributed by atoms with E-state index in [4.69, 9.17) is 11.6 Å². The summed E-state index contributed by atoms with van der Waals surface area (Å²) in [5.74, 6) is -0.572. The number of rotatable bonds is 2. The second-order valence-corrected chi connectivity index (χ2v) is 6.35. The summed E-state index contributed by atoms with van der Waals surface area (Å²) in [6, 6.07) is 7.33. The molecule has 5 heteroatoms. The number of nitrogens with one attached hydrogen (secondary N) is 1. The van der Waals surface area contributed by atoms with Crippen molar-refractivity contribution in [3.05, 3.63) is 70.5 Å². The number of aromatic carboxylic acids is 1. The number of nitrogens with zero attached hydrogens (tertiary/aromatic N) is 1. The molecule has 3 atom stereocenters. The Hall–Kier alpha value is -2.33. The Balaban J connectivity index is 1.89. The van der Waals surface area contributed by atoms with E-state index < -0.39 is 5.97 Å². The Kier molecular flexibility index (Phi) is 3.34. The third kappa shape index (κ3) is 2.21. The third-order valence-electron chi connectivity index (χ3n) is 4.76. The smallest absolute Gasteiger partial charge is 0.336 e. The number of benzene rings is 1. The molecule has 2 aliphatic rings. The maximum Gasteiger partial charge on any atom is 0.336 e. The van der Waals surface area contributed by atoms with Crippen molar-refractivity contribution in [1.29, 1.82) is 0 Å². The van der Waals surface area contributed by atoms with Crippen molar-refractivity contribution in [2.45, 2.75) is 18.4 Å². The molecule has 1 aliphatic heterocycles. The zero-order valence-electron chi connectivity index (χ0n) is 12.2. The predicted octanol–water partition coefficient (Wildman–Crippen LogP) is 4.26. The van der Waals surface area contributed by atoms with E-state index in [1.807, 2.05) is 12.1 Å². The van der Waals surface area contributed by atoms with Gasteiger partial charge in [0.05, 0.1) is 22.3 Å². The molecule has 0 fully saturated rings. The number of carboxylic acids is 1. The van der Waals surface area contributed by atoms with Gasteiger partial charge in [0.15, 0.2) is 0 Å². The molecule has 1 aromatic heterocycles. The monoisotopic (exact) mass is 326 g/mol. The van der Waals surface area contributed by atoms with Gasteiger partial charge in [0.25, 0.3) is 0 Å². The van der Waals surface area contributed by atoms with Crippen molar-refractivity contribution in [2.24, 2.45) is 5.92 Å². The molecule has 0 saturated heterocycles. The van der Waals surface area contributed by atoms with Crippen molar-refractivity contribution < 1.29 is 9.90 Å². The number of hydrogen-bond donors (Lipinski definition) is 2. The standard InChI is InChI=1S/C18H15ClN2O2/c19-14-5-4-13(18(22)23)15-11-2-1-3-12(11)16(21-17(14)15)10-6-8-20-9-7-10/h1-2,4-9,11-12,16,21H,3H2,(H,22,23)/t11-,12-,16+/m1/s1. The minimum atomic E-state index is -0.916. The van der Waals surface area contributed by atoms with Gasteiger partial charge in [-0.25, -0.2) is 4.79 Å². The molecule has 0 radical (unpaired) electrons. The maximum atomic E-state index is 11.6. The van der Waals surface area contributed by atoms with Gasteiger partial charge in [0.2, 0.25) is 0 Å². The molecule has 4 nitrogen and oxygen atoms in total. The molecule has 2 aromatic rings. The summed E-state index contributed by atoms with van der Waals surface area (Å²) in [4.78, 5) is 15.7. The van der Waals surface area contributed by atoms with Crippen LogP contribution in [0.15, 0.2) is 48.8 Å². The van der Waals surface area contributed by atoms with Crippen LogP contribution < -0.4 is 5.32 Å².